The molecule has 2 aliphatic rings. The van der Waals surface area contributed by atoms with Gasteiger partial charge < -0.3 is 10.0 Å². The number of likely N-dealkylation sites (tertiary alicyclic amines) is 1. The van der Waals surface area contributed by atoms with Crippen molar-refractivity contribution >= 4 is 0 Å². The summed E-state index contributed by atoms with van der Waals surface area (Å²) >= 11 is 0. The van der Waals surface area contributed by atoms with Crippen LogP contribution in [-0.4, -0.2) is 59.8 Å². The molecule has 3 atom stereocenters. The van der Waals surface area contributed by atoms with E-state index in [0.717, 1.165) is 19.5 Å². The topological polar surface area (TPSA) is 26.7 Å². The lowest BCUT2D eigenvalue weighted by Crippen LogP contribution is -2.48. The van der Waals surface area contributed by atoms with Gasteiger partial charge in [0.15, 0.2) is 0 Å². The number of hydrogen-bond acceptors (Lipinski definition) is 3. The van der Waals surface area contributed by atoms with Crippen LogP contribution in [0.2, 0.25) is 0 Å². The number of rotatable bonds is 6. The van der Waals surface area contributed by atoms with E-state index < -0.39 is 0 Å². The molecule has 1 N–H and O–H groups in total. The monoisotopic (exact) mass is 268 g/mol. The fourth-order valence-corrected chi connectivity index (χ4v) is 4.01. The average Bonchev–Trinajstić information content (AvgIpc) is 2.86. The smallest absolute Gasteiger partial charge is 0.0583 e. The molecule has 2 rings (SSSR count). The third kappa shape index (κ3) is 3.93. The molecule has 0 bridgehead atoms. The molecule has 2 fully saturated rings. The van der Waals surface area contributed by atoms with Crippen LogP contribution in [0.5, 0.6) is 0 Å². The Morgan fingerprint density at radius 2 is 1.84 bits per heavy atom. The molecular weight excluding hydrogens is 236 g/mol. The van der Waals surface area contributed by atoms with Crippen molar-refractivity contribution in [2.75, 3.05) is 32.7 Å². The first-order valence-electron chi connectivity index (χ1n) is 8.40. The lowest BCUT2D eigenvalue weighted by molar-refractivity contribution is 0.0310. The maximum Gasteiger partial charge on any atom is 0.0583 e. The maximum absolute atomic E-state index is 10.2. The number of hydrogen-bond donors (Lipinski definition) is 1. The highest BCUT2D eigenvalue weighted by molar-refractivity contribution is 4.90. The van der Waals surface area contributed by atoms with E-state index in [1.54, 1.807) is 0 Å². The standard InChI is InChI=1S/C16H32N2O/c1-3-17(4-2)12-13-18-11-6-5-9-15(18)14-8-7-10-16(14)19/h14-16,19H,3-13H2,1-2H3. The van der Waals surface area contributed by atoms with E-state index in [1.807, 2.05) is 0 Å². The Hall–Kier alpha value is -0.120. The number of aliphatic hydroxyl groups is 1. The summed E-state index contributed by atoms with van der Waals surface area (Å²) in [5.41, 5.74) is 0. The van der Waals surface area contributed by atoms with Crippen LogP contribution in [0.4, 0.5) is 0 Å². The first-order chi connectivity index (χ1) is 9.26. The van der Waals surface area contributed by atoms with Gasteiger partial charge in [0.2, 0.25) is 0 Å². The van der Waals surface area contributed by atoms with Crippen LogP contribution >= 0.6 is 0 Å². The number of aliphatic hydroxyl groups excluding tert-OH is 1. The molecule has 1 saturated carbocycles. The maximum atomic E-state index is 10.2. The summed E-state index contributed by atoms with van der Waals surface area (Å²) in [5.74, 6) is 0.553. The fourth-order valence-electron chi connectivity index (χ4n) is 4.01. The second kappa shape index (κ2) is 7.61. The Morgan fingerprint density at radius 1 is 1.05 bits per heavy atom. The van der Waals surface area contributed by atoms with Crippen molar-refractivity contribution in [2.45, 2.75) is 64.5 Å². The molecule has 3 heteroatoms. The van der Waals surface area contributed by atoms with E-state index in [4.69, 9.17) is 0 Å². The predicted molar refractivity (Wildman–Crippen MR) is 80.3 cm³/mol. The van der Waals surface area contributed by atoms with E-state index in [1.165, 1.54) is 51.7 Å². The minimum atomic E-state index is -0.0287. The Balaban J connectivity index is 1.88. The second-order valence-corrected chi connectivity index (χ2v) is 6.29. The van der Waals surface area contributed by atoms with Crippen LogP contribution in [0, 0.1) is 5.92 Å². The molecule has 0 radical (unpaired) electrons. The molecule has 0 aromatic carbocycles. The van der Waals surface area contributed by atoms with E-state index in [9.17, 15) is 5.11 Å². The summed E-state index contributed by atoms with van der Waals surface area (Å²) in [6, 6.07) is 0.654. The third-order valence-corrected chi connectivity index (χ3v) is 5.29. The van der Waals surface area contributed by atoms with Crippen molar-refractivity contribution in [1.82, 2.24) is 9.80 Å². The lowest BCUT2D eigenvalue weighted by Gasteiger charge is -2.41. The number of nitrogens with zero attached hydrogens (tertiary/aromatic N) is 2. The zero-order valence-corrected chi connectivity index (χ0v) is 12.9. The SMILES string of the molecule is CCN(CC)CCN1CCCCC1C1CCCC1O. The van der Waals surface area contributed by atoms with Gasteiger partial charge in [-0.25, -0.2) is 0 Å². The minimum absolute atomic E-state index is 0.0287. The van der Waals surface area contributed by atoms with Gasteiger partial charge in [-0.3, -0.25) is 4.90 Å². The van der Waals surface area contributed by atoms with Crippen LogP contribution in [0.3, 0.4) is 0 Å². The fraction of sp³-hybridized carbons (Fsp3) is 1.00. The molecule has 0 amide bonds. The summed E-state index contributed by atoms with van der Waals surface area (Å²) in [6.07, 6.45) is 7.48. The molecule has 3 nitrogen and oxygen atoms in total. The Kier molecular flexibility index (Phi) is 6.11. The zero-order chi connectivity index (χ0) is 13.7. The first kappa shape index (κ1) is 15.3. The number of piperidine rings is 1. The second-order valence-electron chi connectivity index (χ2n) is 6.29. The normalized spacial score (nSPS) is 33.2. The van der Waals surface area contributed by atoms with Crippen LogP contribution in [0.25, 0.3) is 0 Å². The summed E-state index contributed by atoms with van der Waals surface area (Å²) in [4.78, 5) is 5.19. The Labute approximate surface area is 119 Å². The van der Waals surface area contributed by atoms with Crippen LogP contribution in [-0.2, 0) is 0 Å². The van der Waals surface area contributed by atoms with Crippen LogP contribution in [0.1, 0.15) is 52.4 Å². The number of likely N-dealkylation sites (N-methyl/N-ethyl adjacent to an activating group) is 1. The molecule has 1 aliphatic carbocycles. The molecule has 112 valence electrons. The van der Waals surface area contributed by atoms with Crippen molar-refractivity contribution in [2.24, 2.45) is 5.92 Å². The van der Waals surface area contributed by atoms with Gasteiger partial charge in [-0.1, -0.05) is 26.7 Å². The van der Waals surface area contributed by atoms with E-state index >= 15 is 0 Å². The largest absolute Gasteiger partial charge is 0.393 e. The summed E-state index contributed by atoms with van der Waals surface area (Å²) in [5, 5.41) is 10.2. The van der Waals surface area contributed by atoms with Crippen molar-refractivity contribution in [1.29, 1.82) is 0 Å². The highest BCUT2D eigenvalue weighted by Gasteiger charge is 2.36. The average molecular weight is 268 g/mol. The van der Waals surface area contributed by atoms with Crippen LogP contribution in [0.15, 0.2) is 0 Å². The van der Waals surface area contributed by atoms with Gasteiger partial charge in [-0.05, 0) is 45.3 Å². The molecule has 1 saturated heterocycles. The van der Waals surface area contributed by atoms with Gasteiger partial charge in [-0.15, -0.1) is 0 Å². The third-order valence-electron chi connectivity index (χ3n) is 5.29. The molecule has 3 unspecified atom stereocenters. The Bertz CT molecular complexity index is 255. The molecule has 1 aliphatic heterocycles. The molecular formula is C16H32N2O. The van der Waals surface area contributed by atoms with Crippen molar-refractivity contribution in [3.63, 3.8) is 0 Å². The molecule has 0 spiro atoms. The summed E-state index contributed by atoms with van der Waals surface area (Å²) < 4.78 is 0. The molecule has 0 aromatic heterocycles. The zero-order valence-electron chi connectivity index (χ0n) is 12.9. The van der Waals surface area contributed by atoms with Crippen molar-refractivity contribution in [3.05, 3.63) is 0 Å². The van der Waals surface area contributed by atoms with E-state index in [-0.39, 0.29) is 6.10 Å². The van der Waals surface area contributed by atoms with Crippen molar-refractivity contribution < 1.29 is 5.11 Å². The van der Waals surface area contributed by atoms with Gasteiger partial charge in [0.05, 0.1) is 6.10 Å². The molecule has 0 aromatic rings. The lowest BCUT2D eigenvalue weighted by atomic mass is 9.88. The van der Waals surface area contributed by atoms with E-state index in [0.29, 0.717) is 12.0 Å². The van der Waals surface area contributed by atoms with Crippen LogP contribution < -0.4 is 0 Å². The van der Waals surface area contributed by atoms with Crippen molar-refractivity contribution in [3.8, 4) is 0 Å². The highest BCUT2D eigenvalue weighted by atomic mass is 16.3. The van der Waals surface area contributed by atoms with Gasteiger partial charge >= 0.3 is 0 Å². The minimum Gasteiger partial charge on any atom is -0.393 e. The van der Waals surface area contributed by atoms with Gasteiger partial charge in [0.1, 0.15) is 0 Å². The Morgan fingerprint density at radius 3 is 2.47 bits per heavy atom. The van der Waals surface area contributed by atoms with E-state index in [2.05, 4.69) is 23.6 Å². The highest BCUT2D eigenvalue weighted by Crippen LogP contribution is 2.35. The predicted octanol–water partition coefficient (Wildman–Crippen LogP) is 2.34. The van der Waals surface area contributed by atoms with Gasteiger partial charge in [0, 0.05) is 25.0 Å². The summed E-state index contributed by atoms with van der Waals surface area (Å²) in [7, 11) is 0. The molecule has 19 heavy (non-hydrogen) atoms. The van der Waals surface area contributed by atoms with Gasteiger partial charge in [-0.2, -0.15) is 0 Å². The van der Waals surface area contributed by atoms with Gasteiger partial charge in [0.25, 0.3) is 0 Å². The molecule has 1 heterocycles. The quantitative estimate of drug-likeness (QED) is 0.801. The summed E-state index contributed by atoms with van der Waals surface area (Å²) in [6.45, 7) is 10.4. The first-order valence-corrected chi connectivity index (χ1v) is 8.40.